The summed E-state index contributed by atoms with van der Waals surface area (Å²) in [6, 6.07) is 6.97. The molecule has 0 atom stereocenters. The second-order valence-corrected chi connectivity index (χ2v) is 3.60. The van der Waals surface area contributed by atoms with Crippen LogP contribution in [0.3, 0.4) is 0 Å². The number of rotatable bonds is 2. The molecule has 1 N–H and O–H groups in total. The fraction of sp³-hybridized carbons (Fsp3) is 0.333. The lowest BCUT2D eigenvalue weighted by atomic mass is 10.2. The Morgan fingerprint density at radius 3 is 2.88 bits per heavy atom. The predicted octanol–water partition coefficient (Wildman–Crippen LogP) is 1.70. The highest BCUT2D eigenvalue weighted by molar-refractivity contribution is 5.92. The first-order valence-electron chi connectivity index (χ1n) is 5.36. The number of fused-ring (bicyclic) bond motifs is 1. The van der Waals surface area contributed by atoms with Gasteiger partial charge in [0.1, 0.15) is 6.42 Å². The van der Waals surface area contributed by atoms with Crippen molar-refractivity contribution < 1.29 is 14.3 Å². The molecule has 17 heavy (non-hydrogen) atoms. The van der Waals surface area contributed by atoms with Crippen LogP contribution in [0.1, 0.15) is 12.8 Å². The molecular weight excluding hydrogens is 220 g/mol. The van der Waals surface area contributed by atoms with Gasteiger partial charge in [0.15, 0.2) is 11.5 Å². The van der Waals surface area contributed by atoms with Crippen LogP contribution in [0, 0.1) is 11.3 Å². The lowest BCUT2D eigenvalue weighted by Crippen LogP contribution is -2.10. The number of nitriles is 1. The maximum absolute atomic E-state index is 11.2. The fourth-order valence-corrected chi connectivity index (χ4v) is 1.52. The van der Waals surface area contributed by atoms with Crippen molar-refractivity contribution in [3.05, 3.63) is 18.2 Å². The number of ether oxygens (including phenoxy) is 2. The maximum Gasteiger partial charge on any atom is 0.238 e. The first-order chi connectivity index (χ1) is 8.29. The maximum atomic E-state index is 11.2. The third-order valence-corrected chi connectivity index (χ3v) is 2.27. The second-order valence-electron chi connectivity index (χ2n) is 3.60. The van der Waals surface area contributed by atoms with Crippen LogP contribution in [0.5, 0.6) is 11.5 Å². The van der Waals surface area contributed by atoms with E-state index in [9.17, 15) is 4.79 Å². The van der Waals surface area contributed by atoms with Crippen LogP contribution in [-0.4, -0.2) is 19.1 Å². The van der Waals surface area contributed by atoms with Gasteiger partial charge in [0.05, 0.1) is 19.3 Å². The molecule has 0 spiro atoms. The van der Waals surface area contributed by atoms with Crippen molar-refractivity contribution in [3.63, 3.8) is 0 Å². The predicted molar refractivity (Wildman–Crippen MR) is 60.9 cm³/mol. The van der Waals surface area contributed by atoms with E-state index in [2.05, 4.69) is 5.32 Å². The van der Waals surface area contributed by atoms with Gasteiger partial charge in [-0.3, -0.25) is 4.79 Å². The van der Waals surface area contributed by atoms with Crippen LogP contribution in [0.4, 0.5) is 5.69 Å². The van der Waals surface area contributed by atoms with Crippen molar-refractivity contribution in [3.8, 4) is 17.6 Å². The number of carbonyl (C=O) groups is 1. The van der Waals surface area contributed by atoms with Gasteiger partial charge >= 0.3 is 0 Å². The molecule has 2 rings (SSSR count). The normalized spacial score (nSPS) is 13.4. The minimum absolute atomic E-state index is 0.158. The molecule has 0 aromatic heterocycles. The molecule has 1 heterocycles. The Labute approximate surface area is 98.9 Å². The highest BCUT2D eigenvalue weighted by Gasteiger charge is 2.11. The molecule has 0 saturated carbocycles. The topological polar surface area (TPSA) is 71.4 Å². The summed E-state index contributed by atoms with van der Waals surface area (Å²) in [5.74, 6) is 0.972. The van der Waals surface area contributed by atoms with Crippen LogP contribution >= 0.6 is 0 Å². The fourth-order valence-electron chi connectivity index (χ4n) is 1.52. The van der Waals surface area contributed by atoms with Gasteiger partial charge in [0.2, 0.25) is 5.91 Å². The number of nitrogens with zero attached hydrogens (tertiary/aromatic N) is 1. The third kappa shape index (κ3) is 2.88. The largest absolute Gasteiger partial charge is 0.490 e. The molecule has 1 amide bonds. The molecule has 0 unspecified atom stereocenters. The van der Waals surface area contributed by atoms with E-state index in [1.54, 1.807) is 24.3 Å². The monoisotopic (exact) mass is 232 g/mol. The molecule has 1 aromatic carbocycles. The van der Waals surface area contributed by atoms with Crippen molar-refractivity contribution in [2.24, 2.45) is 0 Å². The zero-order chi connectivity index (χ0) is 12.1. The third-order valence-electron chi connectivity index (χ3n) is 2.27. The standard InChI is InChI=1S/C12H12N2O3/c13-5-4-12(15)14-9-2-3-10-11(8-9)17-7-1-6-16-10/h2-3,8H,1,4,6-7H2,(H,14,15). The van der Waals surface area contributed by atoms with E-state index in [0.717, 1.165) is 6.42 Å². The van der Waals surface area contributed by atoms with Crippen LogP contribution in [-0.2, 0) is 4.79 Å². The minimum Gasteiger partial charge on any atom is -0.490 e. The van der Waals surface area contributed by atoms with Crippen LogP contribution < -0.4 is 14.8 Å². The van der Waals surface area contributed by atoms with E-state index in [-0.39, 0.29) is 12.3 Å². The minimum atomic E-state index is -0.331. The molecule has 1 aromatic rings. The van der Waals surface area contributed by atoms with E-state index in [1.165, 1.54) is 0 Å². The summed E-state index contributed by atoms with van der Waals surface area (Å²) in [6.45, 7) is 1.23. The number of hydrogen-bond acceptors (Lipinski definition) is 4. The van der Waals surface area contributed by atoms with Crippen LogP contribution in [0.25, 0.3) is 0 Å². The summed E-state index contributed by atoms with van der Waals surface area (Å²) in [6.07, 6.45) is 0.680. The number of carbonyl (C=O) groups excluding carboxylic acids is 1. The number of benzene rings is 1. The van der Waals surface area contributed by atoms with Gasteiger partial charge in [-0.05, 0) is 12.1 Å². The average molecular weight is 232 g/mol. The number of amides is 1. The second kappa shape index (κ2) is 5.21. The Bertz CT molecular complexity index is 465. The number of nitrogens with one attached hydrogen (secondary N) is 1. The summed E-state index contributed by atoms with van der Waals surface area (Å²) < 4.78 is 11.0. The summed E-state index contributed by atoms with van der Waals surface area (Å²) >= 11 is 0. The Morgan fingerprint density at radius 2 is 2.12 bits per heavy atom. The van der Waals surface area contributed by atoms with Gasteiger partial charge in [-0.25, -0.2) is 0 Å². The smallest absolute Gasteiger partial charge is 0.238 e. The van der Waals surface area contributed by atoms with Crippen molar-refractivity contribution in [2.75, 3.05) is 18.5 Å². The summed E-state index contributed by atoms with van der Waals surface area (Å²) in [7, 11) is 0. The molecule has 1 aliphatic heterocycles. The molecule has 0 aliphatic carbocycles. The highest BCUT2D eigenvalue weighted by atomic mass is 16.5. The van der Waals surface area contributed by atoms with Crippen molar-refractivity contribution in [2.45, 2.75) is 12.8 Å². The number of anilines is 1. The summed E-state index contributed by atoms with van der Waals surface area (Å²) in [5, 5.41) is 11.0. The van der Waals surface area contributed by atoms with Crippen molar-refractivity contribution in [1.82, 2.24) is 0 Å². The molecule has 0 saturated heterocycles. The van der Waals surface area contributed by atoms with Gasteiger partial charge < -0.3 is 14.8 Å². The van der Waals surface area contributed by atoms with Gasteiger partial charge in [0.25, 0.3) is 0 Å². The Balaban J connectivity index is 2.13. The average Bonchev–Trinajstić information content (AvgIpc) is 2.53. The Morgan fingerprint density at radius 1 is 1.35 bits per heavy atom. The lowest BCUT2D eigenvalue weighted by molar-refractivity contribution is -0.115. The van der Waals surface area contributed by atoms with Gasteiger partial charge in [-0.1, -0.05) is 0 Å². The van der Waals surface area contributed by atoms with E-state index in [0.29, 0.717) is 30.4 Å². The first kappa shape index (κ1) is 11.3. The molecule has 0 fully saturated rings. The van der Waals surface area contributed by atoms with Gasteiger partial charge in [0, 0.05) is 18.2 Å². The van der Waals surface area contributed by atoms with E-state index >= 15 is 0 Å². The molecular formula is C12H12N2O3. The number of hydrogen-bond donors (Lipinski definition) is 1. The van der Waals surface area contributed by atoms with Crippen molar-refractivity contribution >= 4 is 11.6 Å². The zero-order valence-electron chi connectivity index (χ0n) is 9.23. The van der Waals surface area contributed by atoms with Gasteiger partial charge in [-0.15, -0.1) is 0 Å². The molecule has 5 heteroatoms. The molecule has 1 aliphatic rings. The molecule has 0 radical (unpaired) electrons. The van der Waals surface area contributed by atoms with E-state index < -0.39 is 0 Å². The first-order valence-corrected chi connectivity index (χ1v) is 5.36. The summed E-state index contributed by atoms with van der Waals surface area (Å²) in [5.41, 5.74) is 0.606. The zero-order valence-corrected chi connectivity index (χ0v) is 9.23. The van der Waals surface area contributed by atoms with Crippen molar-refractivity contribution in [1.29, 1.82) is 5.26 Å². The molecule has 0 bridgehead atoms. The van der Waals surface area contributed by atoms with Gasteiger partial charge in [-0.2, -0.15) is 5.26 Å². The highest BCUT2D eigenvalue weighted by Crippen LogP contribution is 2.32. The molecule has 88 valence electrons. The van der Waals surface area contributed by atoms with E-state index in [4.69, 9.17) is 14.7 Å². The Hall–Kier alpha value is -2.22. The summed E-state index contributed by atoms with van der Waals surface area (Å²) in [4.78, 5) is 11.2. The lowest BCUT2D eigenvalue weighted by Gasteiger charge is -2.09. The SMILES string of the molecule is N#CCC(=O)Nc1ccc2c(c1)OCCCO2. The quantitative estimate of drug-likeness (QED) is 0.842. The van der Waals surface area contributed by atoms with Crippen LogP contribution in [0.2, 0.25) is 0 Å². The van der Waals surface area contributed by atoms with E-state index in [1.807, 2.05) is 0 Å². The Kier molecular flexibility index (Phi) is 3.46. The molecule has 5 nitrogen and oxygen atoms in total. The van der Waals surface area contributed by atoms with Crippen LogP contribution in [0.15, 0.2) is 18.2 Å².